The molecule has 0 atom stereocenters. The second-order valence-electron chi connectivity index (χ2n) is 7.04. The number of rotatable bonds is 5. The van der Waals surface area contributed by atoms with E-state index in [1.54, 1.807) is 42.5 Å². The molecule has 0 saturated heterocycles. The molecule has 0 bridgehead atoms. The first-order chi connectivity index (χ1) is 14.9. The van der Waals surface area contributed by atoms with Crippen LogP contribution in [-0.4, -0.2) is 11.8 Å². The SMILES string of the molecule is Cc1ccc(-c2ccc(C(=O)Nc3ccc(NC(=O)c4ccco4)c(Cl)c3)o2)cc1C. The molecule has 2 amide bonds. The highest BCUT2D eigenvalue weighted by Crippen LogP contribution is 2.28. The van der Waals surface area contributed by atoms with Gasteiger partial charge in [0.15, 0.2) is 11.5 Å². The number of nitrogens with one attached hydrogen (secondary N) is 2. The van der Waals surface area contributed by atoms with Gasteiger partial charge in [0.2, 0.25) is 0 Å². The minimum absolute atomic E-state index is 0.172. The molecule has 2 aromatic carbocycles. The van der Waals surface area contributed by atoms with Gasteiger partial charge in [-0.1, -0.05) is 23.7 Å². The molecular formula is C24H19ClN2O4. The zero-order valence-electron chi connectivity index (χ0n) is 16.9. The number of hydrogen-bond donors (Lipinski definition) is 2. The first-order valence-corrected chi connectivity index (χ1v) is 9.92. The molecule has 0 fully saturated rings. The molecule has 0 aliphatic carbocycles. The van der Waals surface area contributed by atoms with E-state index in [1.807, 2.05) is 32.0 Å². The molecule has 4 rings (SSSR count). The van der Waals surface area contributed by atoms with Gasteiger partial charge in [-0.3, -0.25) is 9.59 Å². The second-order valence-corrected chi connectivity index (χ2v) is 7.45. The summed E-state index contributed by atoms with van der Waals surface area (Å²) < 4.78 is 10.8. The number of amides is 2. The maximum atomic E-state index is 12.6. The van der Waals surface area contributed by atoms with Crippen LogP contribution in [0.3, 0.4) is 0 Å². The van der Waals surface area contributed by atoms with E-state index in [-0.39, 0.29) is 16.5 Å². The molecular weight excluding hydrogens is 416 g/mol. The summed E-state index contributed by atoms with van der Waals surface area (Å²) >= 11 is 6.26. The summed E-state index contributed by atoms with van der Waals surface area (Å²) in [6.45, 7) is 4.07. The van der Waals surface area contributed by atoms with Crippen molar-refractivity contribution < 1.29 is 18.4 Å². The monoisotopic (exact) mass is 434 g/mol. The molecule has 4 aromatic rings. The fourth-order valence-corrected chi connectivity index (χ4v) is 3.22. The maximum absolute atomic E-state index is 12.6. The lowest BCUT2D eigenvalue weighted by Crippen LogP contribution is -2.13. The number of anilines is 2. The van der Waals surface area contributed by atoms with Gasteiger partial charge >= 0.3 is 0 Å². The van der Waals surface area contributed by atoms with Gasteiger partial charge in [0.05, 0.1) is 17.0 Å². The molecule has 7 heteroatoms. The highest BCUT2D eigenvalue weighted by molar-refractivity contribution is 6.34. The highest BCUT2D eigenvalue weighted by atomic mass is 35.5. The number of halogens is 1. The number of furan rings is 2. The summed E-state index contributed by atoms with van der Waals surface area (Å²) in [7, 11) is 0. The lowest BCUT2D eigenvalue weighted by atomic mass is 10.1. The molecule has 0 radical (unpaired) electrons. The zero-order valence-corrected chi connectivity index (χ0v) is 17.6. The van der Waals surface area contributed by atoms with Gasteiger partial charge in [-0.05, 0) is 73.5 Å². The fraction of sp³-hybridized carbons (Fsp3) is 0.0833. The molecule has 0 saturated carbocycles. The minimum atomic E-state index is -0.418. The molecule has 2 aromatic heterocycles. The predicted molar refractivity (Wildman–Crippen MR) is 120 cm³/mol. The number of aryl methyl sites for hydroxylation is 2. The van der Waals surface area contributed by atoms with Crippen LogP contribution < -0.4 is 10.6 Å². The Balaban J connectivity index is 1.45. The van der Waals surface area contributed by atoms with Crippen LogP contribution in [0.1, 0.15) is 32.2 Å². The van der Waals surface area contributed by atoms with Crippen LogP contribution in [0.25, 0.3) is 11.3 Å². The number of hydrogen-bond acceptors (Lipinski definition) is 4. The third-order valence-corrected chi connectivity index (χ3v) is 5.15. The Morgan fingerprint density at radius 3 is 2.35 bits per heavy atom. The van der Waals surface area contributed by atoms with Gasteiger partial charge < -0.3 is 19.5 Å². The highest BCUT2D eigenvalue weighted by Gasteiger charge is 2.15. The number of carbonyl (C=O) groups excluding carboxylic acids is 2. The molecule has 2 N–H and O–H groups in total. The van der Waals surface area contributed by atoms with Gasteiger partial charge in [0.25, 0.3) is 11.8 Å². The molecule has 0 unspecified atom stereocenters. The Morgan fingerprint density at radius 2 is 1.65 bits per heavy atom. The van der Waals surface area contributed by atoms with E-state index < -0.39 is 11.8 Å². The van der Waals surface area contributed by atoms with Crippen molar-refractivity contribution in [1.29, 1.82) is 0 Å². The summed E-state index contributed by atoms with van der Waals surface area (Å²) in [5.41, 5.74) is 4.11. The Morgan fingerprint density at radius 1 is 0.839 bits per heavy atom. The standard InChI is InChI=1S/C24H19ClN2O4/c1-14-5-6-16(12-15(14)2)20-9-10-22(31-20)24(29)26-17-7-8-19(18(25)13-17)27-23(28)21-4-3-11-30-21/h3-13H,1-2H3,(H,26,29)(H,27,28). The maximum Gasteiger partial charge on any atom is 0.291 e. The van der Waals surface area contributed by atoms with Crippen molar-refractivity contribution in [2.45, 2.75) is 13.8 Å². The first kappa shape index (κ1) is 20.5. The normalized spacial score (nSPS) is 10.7. The first-order valence-electron chi connectivity index (χ1n) is 9.54. The van der Waals surface area contributed by atoms with Crippen LogP contribution in [0.5, 0.6) is 0 Å². The number of benzene rings is 2. The van der Waals surface area contributed by atoms with Crippen LogP contribution in [-0.2, 0) is 0 Å². The molecule has 2 heterocycles. The average Bonchev–Trinajstić information content (AvgIpc) is 3.44. The quantitative estimate of drug-likeness (QED) is 0.385. The van der Waals surface area contributed by atoms with Crippen LogP contribution in [0, 0.1) is 13.8 Å². The van der Waals surface area contributed by atoms with Crippen LogP contribution in [0.2, 0.25) is 5.02 Å². The van der Waals surface area contributed by atoms with Gasteiger partial charge in [-0.25, -0.2) is 0 Å². The van der Waals surface area contributed by atoms with E-state index in [9.17, 15) is 9.59 Å². The molecule has 156 valence electrons. The van der Waals surface area contributed by atoms with E-state index in [1.165, 1.54) is 11.8 Å². The smallest absolute Gasteiger partial charge is 0.291 e. The zero-order chi connectivity index (χ0) is 22.0. The van der Waals surface area contributed by atoms with Crippen molar-refractivity contribution in [3.05, 3.63) is 94.6 Å². The van der Waals surface area contributed by atoms with Gasteiger partial charge in [0.1, 0.15) is 5.76 Å². The summed E-state index contributed by atoms with van der Waals surface area (Å²) in [6.07, 6.45) is 1.41. The van der Waals surface area contributed by atoms with E-state index in [0.29, 0.717) is 17.1 Å². The predicted octanol–water partition coefficient (Wildman–Crippen LogP) is 6.31. The van der Waals surface area contributed by atoms with Crippen molar-refractivity contribution in [2.75, 3.05) is 10.6 Å². The fourth-order valence-electron chi connectivity index (χ4n) is 2.99. The third-order valence-electron chi connectivity index (χ3n) is 4.84. The lowest BCUT2D eigenvalue weighted by molar-refractivity contribution is 0.0989. The second kappa shape index (κ2) is 8.53. The van der Waals surface area contributed by atoms with Crippen LogP contribution in [0.4, 0.5) is 11.4 Å². The minimum Gasteiger partial charge on any atom is -0.459 e. The molecule has 0 aliphatic heterocycles. The van der Waals surface area contributed by atoms with E-state index in [2.05, 4.69) is 10.6 Å². The Labute approximate surface area is 183 Å². The Hall–Kier alpha value is -3.77. The van der Waals surface area contributed by atoms with E-state index >= 15 is 0 Å². The van der Waals surface area contributed by atoms with Crippen molar-refractivity contribution in [3.63, 3.8) is 0 Å². The average molecular weight is 435 g/mol. The van der Waals surface area contributed by atoms with Crippen molar-refractivity contribution in [2.24, 2.45) is 0 Å². The molecule has 0 spiro atoms. The van der Waals surface area contributed by atoms with Crippen LogP contribution >= 0.6 is 11.6 Å². The lowest BCUT2D eigenvalue weighted by Gasteiger charge is -2.09. The Kier molecular flexibility index (Phi) is 5.64. The summed E-state index contributed by atoms with van der Waals surface area (Å²) in [5, 5.41) is 5.67. The van der Waals surface area contributed by atoms with Crippen molar-refractivity contribution in [3.8, 4) is 11.3 Å². The number of carbonyl (C=O) groups is 2. The van der Waals surface area contributed by atoms with Crippen LogP contribution in [0.15, 0.2) is 75.8 Å². The summed E-state index contributed by atoms with van der Waals surface area (Å²) in [4.78, 5) is 24.7. The summed E-state index contributed by atoms with van der Waals surface area (Å²) in [6, 6.07) is 17.3. The van der Waals surface area contributed by atoms with Gasteiger partial charge in [0, 0.05) is 11.3 Å². The van der Waals surface area contributed by atoms with E-state index in [4.69, 9.17) is 20.4 Å². The van der Waals surface area contributed by atoms with Gasteiger partial charge in [-0.15, -0.1) is 0 Å². The Bertz CT molecular complexity index is 1260. The van der Waals surface area contributed by atoms with Gasteiger partial charge in [-0.2, -0.15) is 0 Å². The molecule has 6 nitrogen and oxygen atoms in total. The third kappa shape index (κ3) is 4.54. The molecule has 31 heavy (non-hydrogen) atoms. The van der Waals surface area contributed by atoms with E-state index in [0.717, 1.165) is 11.1 Å². The van der Waals surface area contributed by atoms with Crippen molar-refractivity contribution >= 4 is 34.8 Å². The van der Waals surface area contributed by atoms with Crippen molar-refractivity contribution in [1.82, 2.24) is 0 Å². The molecule has 0 aliphatic rings. The summed E-state index contributed by atoms with van der Waals surface area (Å²) in [5.74, 6) is 0.143. The largest absolute Gasteiger partial charge is 0.459 e. The topological polar surface area (TPSA) is 84.5 Å².